The number of carbonyl (C=O) groups excluding carboxylic acids is 1. The van der Waals surface area contributed by atoms with Crippen molar-refractivity contribution >= 4 is 34.6 Å². The summed E-state index contributed by atoms with van der Waals surface area (Å²) in [6.07, 6.45) is 4.01. The number of aryl methyl sites for hydroxylation is 1. The molecule has 1 atom stereocenters. The molecular weight excluding hydrogens is 428 g/mol. The molecule has 0 spiro atoms. The third kappa shape index (κ3) is 3.82. The molecule has 1 aliphatic heterocycles. The van der Waals surface area contributed by atoms with Crippen molar-refractivity contribution in [3.05, 3.63) is 64.9 Å². The third-order valence-corrected chi connectivity index (χ3v) is 6.08. The number of oxazole rings is 1. The highest BCUT2D eigenvalue weighted by molar-refractivity contribution is 6.31. The van der Waals surface area contributed by atoms with E-state index in [2.05, 4.69) is 27.0 Å². The highest BCUT2D eigenvalue weighted by atomic mass is 35.5. The maximum absolute atomic E-state index is 13.6. The molecule has 0 unspecified atom stereocenters. The average molecular weight is 451 g/mol. The van der Waals surface area contributed by atoms with Gasteiger partial charge in [0.25, 0.3) is 11.9 Å². The lowest BCUT2D eigenvalue weighted by Gasteiger charge is -2.27. The molecule has 0 radical (unpaired) electrons. The minimum Gasteiger partial charge on any atom is -0.423 e. The minimum absolute atomic E-state index is 0.0281. The van der Waals surface area contributed by atoms with E-state index in [0.29, 0.717) is 41.0 Å². The van der Waals surface area contributed by atoms with Gasteiger partial charge < -0.3 is 14.2 Å². The minimum atomic E-state index is -0.0281. The second-order valence-electron chi connectivity index (χ2n) is 8.07. The Hall–Kier alpha value is -3.39. The molecule has 0 aliphatic carbocycles. The van der Waals surface area contributed by atoms with E-state index in [0.717, 1.165) is 24.0 Å². The number of aromatic nitrogens is 4. The van der Waals surface area contributed by atoms with Crippen LogP contribution in [0.15, 0.2) is 53.2 Å². The van der Waals surface area contributed by atoms with Crippen LogP contribution in [-0.2, 0) is 0 Å². The number of fused-ring (bicyclic) bond motifs is 1. The largest absolute Gasteiger partial charge is 0.423 e. The van der Waals surface area contributed by atoms with Crippen LogP contribution < -0.4 is 4.90 Å². The van der Waals surface area contributed by atoms with Gasteiger partial charge in [-0.2, -0.15) is 20.0 Å². The summed E-state index contributed by atoms with van der Waals surface area (Å²) >= 11 is 6.08. The van der Waals surface area contributed by atoms with Crippen LogP contribution in [0.2, 0.25) is 5.02 Å². The van der Waals surface area contributed by atoms with Gasteiger partial charge in [0.1, 0.15) is 5.52 Å². The van der Waals surface area contributed by atoms with Crippen LogP contribution in [0.3, 0.4) is 0 Å². The second-order valence-corrected chi connectivity index (χ2v) is 8.51. The first kappa shape index (κ1) is 20.5. The predicted octanol–water partition coefficient (Wildman–Crippen LogP) is 4.11. The summed E-state index contributed by atoms with van der Waals surface area (Å²) in [5.74, 6) is -0.0281. The molecule has 5 rings (SSSR count). The molecule has 32 heavy (non-hydrogen) atoms. The quantitative estimate of drug-likeness (QED) is 0.467. The molecular formula is C23H23ClN6O2. The van der Waals surface area contributed by atoms with Gasteiger partial charge in [-0.25, -0.2) is 0 Å². The highest BCUT2D eigenvalue weighted by Gasteiger charge is 2.29. The van der Waals surface area contributed by atoms with Crippen LogP contribution in [-0.4, -0.2) is 56.5 Å². The molecule has 8 nitrogen and oxygen atoms in total. The fourth-order valence-corrected chi connectivity index (χ4v) is 4.23. The zero-order chi connectivity index (χ0) is 22.2. The molecule has 2 aromatic carbocycles. The number of hydrogen-bond donors (Lipinski definition) is 0. The van der Waals surface area contributed by atoms with E-state index in [1.54, 1.807) is 24.5 Å². The molecule has 1 amide bonds. The monoisotopic (exact) mass is 450 g/mol. The summed E-state index contributed by atoms with van der Waals surface area (Å²) in [5.41, 5.74) is 3.71. The van der Waals surface area contributed by atoms with Gasteiger partial charge in [-0.05, 0) is 50.6 Å². The van der Waals surface area contributed by atoms with Crippen LogP contribution >= 0.6 is 11.6 Å². The van der Waals surface area contributed by atoms with Crippen molar-refractivity contribution in [2.45, 2.75) is 26.3 Å². The van der Waals surface area contributed by atoms with E-state index in [9.17, 15) is 4.79 Å². The zero-order valence-corrected chi connectivity index (χ0v) is 18.7. The summed E-state index contributed by atoms with van der Waals surface area (Å²) in [5, 5.41) is 9.06. The fourth-order valence-electron chi connectivity index (χ4n) is 4.07. The summed E-state index contributed by atoms with van der Waals surface area (Å²) in [4.78, 5) is 23.7. The normalized spacial score (nSPS) is 17.0. The maximum atomic E-state index is 13.6. The first-order valence-corrected chi connectivity index (χ1v) is 11.0. The van der Waals surface area contributed by atoms with Gasteiger partial charge in [0.2, 0.25) is 0 Å². The van der Waals surface area contributed by atoms with Crippen molar-refractivity contribution in [2.75, 3.05) is 24.5 Å². The van der Waals surface area contributed by atoms with Crippen molar-refractivity contribution in [3.63, 3.8) is 0 Å². The van der Waals surface area contributed by atoms with Gasteiger partial charge in [-0.15, -0.1) is 0 Å². The van der Waals surface area contributed by atoms with Gasteiger partial charge in [0.15, 0.2) is 5.58 Å². The van der Waals surface area contributed by atoms with E-state index < -0.39 is 0 Å². The summed E-state index contributed by atoms with van der Waals surface area (Å²) in [6, 6.07) is 11.8. The molecule has 3 heterocycles. The highest BCUT2D eigenvalue weighted by Crippen LogP contribution is 2.27. The van der Waals surface area contributed by atoms with Gasteiger partial charge in [-0.1, -0.05) is 23.2 Å². The van der Waals surface area contributed by atoms with Crippen LogP contribution in [0.5, 0.6) is 0 Å². The van der Waals surface area contributed by atoms with Gasteiger partial charge in [-0.3, -0.25) is 4.79 Å². The fraction of sp³-hybridized carbons (Fsp3) is 0.304. The van der Waals surface area contributed by atoms with E-state index in [1.165, 1.54) is 4.80 Å². The molecule has 1 saturated heterocycles. The Bertz CT molecular complexity index is 1270. The van der Waals surface area contributed by atoms with Crippen molar-refractivity contribution < 1.29 is 9.21 Å². The number of carbonyl (C=O) groups is 1. The molecule has 1 aliphatic rings. The molecule has 1 fully saturated rings. The van der Waals surface area contributed by atoms with Crippen LogP contribution in [0.1, 0.15) is 29.3 Å². The Morgan fingerprint density at radius 1 is 1.09 bits per heavy atom. The summed E-state index contributed by atoms with van der Waals surface area (Å²) in [7, 11) is 0. The lowest BCUT2D eigenvalue weighted by molar-refractivity contribution is 0.0704. The predicted molar refractivity (Wildman–Crippen MR) is 122 cm³/mol. The third-order valence-electron chi connectivity index (χ3n) is 5.85. The zero-order valence-electron chi connectivity index (χ0n) is 17.9. The Kier molecular flexibility index (Phi) is 5.30. The Labute approximate surface area is 190 Å². The SMILES string of the molecule is Cc1ccc(-n2nccn2)c(C(=O)N2CCN(c3nc4cc(Cl)ccc4o3)CC[C@@H]2C)c1. The first-order valence-electron chi connectivity index (χ1n) is 10.6. The number of anilines is 1. The number of benzene rings is 2. The van der Waals surface area contributed by atoms with Crippen molar-refractivity contribution in [1.82, 2.24) is 24.9 Å². The molecule has 0 saturated carbocycles. The van der Waals surface area contributed by atoms with Crippen LogP contribution in [0.4, 0.5) is 6.01 Å². The lowest BCUT2D eigenvalue weighted by atomic mass is 10.1. The Morgan fingerprint density at radius 3 is 2.72 bits per heavy atom. The number of halogens is 1. The lowest BCUT2D eigenvalue weighted by Crippen LogP contribution is -2.40. The molecule has 9 heteroatoms. The molecule has 164 valence electrons. The Balaban J connectivity index is 1.41. The summed E-state index contributed by atoms with van der Waals surface area (Å²) in [6.45, 7) is 5.98. The number of nitrogens with zero attached hydrogens (tertiary/aromatic N) is 6. The Morgan fingerprint density at radius 2 is 1.91 bits per heavy atom. The van der Waals surface area contributed by atoms with Gasteiger partial charge >= 0.3 is 0 Å². The second kappa shape index (κ2) is 8.27. The van der Waals surface area contributed by atoms with E-state index >= 15 is 0 Å². The number of hydrogen-bond acceptors (Lipinski definition) is 6. The first-order chi connectivity index (χ1) is 15.5. The topological polar surface area (TPSA) is 80.3 Å². The molecule has 0 bridgehead atoms. The molecule has 4 aromatic rings. The summed E-state index contributed by atoms with van der Waals surface area (Å²) < 4.78 is 5.95. The van der Waals surface area contributed by atoms with Gasteiger partial charge in [0.05, 0.1) is 23.6 Å². The smallest absolute Gasteiger partial charge is 0.298 e. The van der Waals surface area contributed by atoms with E-state index in [1.807, 2.05) is 36.1 Å². The molecule has 2 aromatic heterocycles. The van der Waals surface area contributed by atoms with Crippen molar-refractivity contribution in [3.8, 4) is 5.69 Å². The van der Waals surface area contributed by atoms with Crippen molar-refractivity contribution in [2.24, 2.45) is 0 Å². The van der Waals surface area contributed by atoms with Crippen molar-refractivity contribution in [1.29, 1.82) is 0 Å². The number of rotatable bonds is 3. The van der Waals surface area contributed by atoms with Crippen LogP contribution in [0.25, 0.3) is 16.8 Å². The van der Waals surface area contributed by atoms with E-state index in [-0.39, 0.29) is 11.9 Å². The molecule has 0 N–H and O–H groups in total. The average Bonchev–Trinajstić information content (AvgIpc) is 3.41. The van der Waals surface area contributed by atoms with Gasteiger partial charge in [0, 0.05) is 30.7 Å². The standard InChI is InChI=1S/C23H23ClN6O2/c1-15-3-5-20(30-25-8-9-26-30)18(13-15)22(31)29-12-11-28(10-7-16(29)2)23-27-19-14-17(24)4-6-21(19)32-23/h3-6,8-9,13-14,16H,7,10-12H2,1-2H3/t16-/m0/s1. The maximum Gasteiger partial charge on any atom is 0.298 e. The van der Waals surface area contributed by atoms with Crippen LogP contribution in [0, 0.1) is 6.92 Å². The number of amides is 1. The van der Waals surface area contributed by atoms with E-state index in [4.69, 9.17) is 16.0 Å².